The summed E-state index contributed by atoms with van der Waals surface area (Å²) in [5.74, 6) is 0. The molecule has 0 aliphatic carbocycles. The van der Waals surface area contributed by atoms with Gasteiger partial charge in [0.15, 0.2) is 0 Å². The standard InChI is InChI=1S/C12H14O3/c1-2-4-10(5-3-1)6-15-12(8-13-9-12)11-7-14-11/h1-5,11H,6-9H2. The summed E-state index contributed by atoms with van der Waals surface area (Å²) < 4.78 is 16.4. The molecule has 1 aromatic carbocycles. The number of epoxide rings is 1. The minimum Gasteiger partial charge on any atom is -0.375 e. The molecule has 1 aromatic rings. The van der Waals surface area contributed by atoms with Crippen molar-refractivity contribution in [3.8, 4) is 0 Å². The largest absolute Gasteiger partial charge is 0.375 e. The third-order valence-electron chi connectivity index (χ3n) is 2.98. The molecule has 2 saturated heterocycles. The molecule has 0 aromatic heterocycles. The average Bonchev–Trinajstić information content (AvgIpc) is 3.02. The summed E-state index contributed by atoms with van der Waals surface area (Å²) in [6, 6.07) is 10.2. The summed E-state index contributed by atoms with van der Waals surface area (Å²) in [6.45, 7) is 2.80. The molecule has 0 spiro atoms. The lowest BCUT2D eigenvalue weighted by molar-refractivity contribution is -0.224. The van der Waals surface area contributed by atoms with E-state index < -0.39 is 0 Å². The maximum Gasteiger partial charge on any atom is 0.143 e. The predicted octanol–water partition coefficient (Wildman–Crippen LogP) is 1.37. The summed E-state index contributed by atoms with van der Waals surface area (Å²) in [4.78, 5) is 0. The van der Waals surface area contributed by atoms with Crippen LogP contribution in [0.3, 0.4) is 0 Å². The topological polar surface area (TPSA) is 31.0 Å². The van der Waals surface area contributed by atoms with Crippen LogP contribution in [0.5, 0.6) is 0 Å². The highest BCUT2D eigenvalue weighted by atomic mass is 16.7. The van der Waals surface area contributed by atoms with Crippen molar-refractivity contribution < 1.29 is 14.2 Å². The van der Waals surface area contributed by atoms with E-state index >= 15 is 0 Å². The normalized spacial score (nSPS) is 27.1. The van der Waals surface area contributed by atoms with Gasteiger partial charge in [-0.2, -0.15) is 0 Å². The van der Waals surface area contributed by atoms with Gasteiger partial charge in [0.2, 0.25) is 0 Å². The average molecular weight is 206 g/mol. The minimum absolute atomic E-state index is 0.157. The van der Waals surface area contributed by atoms with Gasteiger partial charge in [0.05, 0.1) is 26.4 Å². The maximum atomic E-state index is 5.93. The first-order valence-electron chi connectivity index (χ1n) is 5.26. The molecular weight excluding hydrogens is 192 g/mol. The van der Waals surface area contributed by atoms with Crippen molar-refractivity contribution in [1.82, 2.24) is 0 Å². The van der Waals surface area contributed by atoms with Gasteiger partial charge < -0.3 is 14.2 Å². The monoisotopic (exact) mass is 206 g/mol. The third kappa shape index (κ3) is 1.78. The van der Waals surface area contributed by atoms with Crippen LogP contribution in [0.15, 0.2) is 30.3 Å². The first-order valence-corrected chi connectivity index (χ1v) is 5.26. The van der Waals surface area contributed by atoms with Crippen molar-refractivity contribution in [2.75, 3.05) is 19.8 Å². The van der Waals surface area contributed by atoms with Crippen LogP contribution in [-0.2, 0) is 20.8 Å². The Morgan fingerprint density at radius 3 is 2.53 bits per heavy atom. The Morgan fingerprint density at radius 2 is 2.00 bits per heavy atom. The lowest BCUT2D eigenvalue weighted by Crippen LogP contribution is -2.56. The molecule has 2 aliphatic rings. The molecule has 2 aliphatic heterocycles. The first kappa shape index (κ1) is 9.33. The van der Waals surface area contributed by atoms with Crippen molar-refractivity contribution in [3.63, 3.8) is 0 Å². The van der Waals surface area contributed by atoms with Crippen molar-refractivity contribution >= 4 is 0 Å². The van der Waals surface area contributed by atoms with E-state index in [9.17, 15) is 0 Å². The van der Waals surface area contributed by atoms with Crippen LogP contribution < -0.4 is 0 Å². The lowest BCUT2D eigenvalue weighted by Gasteiger charge is -2.40. The fourth-order valence-electron chi connectivity index (χ4n) is 1.82. The Hall–Kier alpha value is -0.900. The second-order valence-electron chi connectivity index (χ2n) is 4.15. The highest BCUT2D eigenvalue weighted by molar-refractivity contribution is 5.14. The molecule has 2 heterocycles. The fraction of sp³-hybridized carbons (Fsp3) is 0.500. The lowest BCUT2D eigenvalue weighted by atomic mass is 9.98. The molecule has 3 rings (SSSR count). The molecular formula is C12H14O3. The molecule has 1 unspecified atom stereocenters. The molecule has 0 N–H and O–H groups in total. The smallest absolute Gasteiger partial charge is 0.143 e. The maximum absolute atomic E-state index is 5.93. The molecule has 0 bridgehead atoms. The van der Waals surface area contributed by atoms with E-state index in [-0.39, 0.29) is 11.7 Å². The second kappa shape index (κ2) is 3.59. The molecule has 1 atom stereocenters. The molecule has 3 nitrogen and oxygen atoms in total. The second-order valence-corrected chi connectivity index (χ2v) is 4.15. The van der Waals surface area contributed by atoms with Gasteiger partial charge in [-0.05, 0) is 5.56 Å². The number of hydrogen-bond donors (Lipinski definition) is 0. The van der Waals surface area contributed by atoms with E-state index in [1.54, 1.807) is 0 Å². The van der Waals surface area contributed by atoms with Gasteiger partial charge in [-0.25, -0.2) is 0 Å². The molecule has 2 fully saturated rings. The Balaban J connectivity index is 1.61. The summed E-state index contributed by atoms with van der Waals surface area (Å²) >= 11 is 0. The van der Waals surface area contributed by atoms with Crippen LogP contribution in [0, 0.1) is 0 Å². The van der Waals surface area contributed by atoms with E-state index in [4.69, 9.17) is 14.2 Å². The van der Waals surface area contributed by atoms with E-state index in [1.165, 1.54) is 5.56 Å². The number of ether oxygens (including phenoxy) is 3. The third-order valence-corrected chi connectivity index (χ3v) is 2.98. The SMILES string of the molecule is c1ccc(COC2(C3CO3)COC2)cc1. The van der Waals surface area contributed by atoms with Gasteiger partial charge in [0.25, 0.3) is 0 Å². The zero-order valence-corrected chi connectivity index (χ0v) is 8.52. The van der Waals surface area contributed by atoms with Crippen LogP contribution in [0.4, 0.5) is 0 Å². The van der Waals surface area contributed by atoms with Crippen LogP contribution in [-0.4, -0.2) is 31.5 Å². The zero-order chi connectivity index (χ0) is 10.1. The van der Waals surface area contributed by atoms with Crippen LogP contribution in [0.2, 0.25) is 0 Å². The number of benzene rings is 1. The van der Waals surface area contributed by atoms with Crippen LogP contribution in [0.1, 0.15) is 5.56 Å². The van der Waals surface area contributed by atoms with Crippen LogP contribution >= 0.6 is 0 Å². The number of rotatable bonds is 4. The van der Waals surface area contributed by atoms with Crippen molar-refractivity contribution in [2.24, 2.45) is 0 Å². The van der Waals surface area contributed by atoms with Gasteiger partial charge in [0, 0.05) is 0 Å². The molecule has 0 radical (unpaired) electrons. The van der Waals surface area contributed by atoms with Crippen molar-refractivity contribution in [2.45, 2.75) is 18.3 Å². The highest BCUT2D eigenvalue weighted by Crippen LogP contribution is 2.35. The van der Waals surface area contributed by atoms with Gasteiger partial charge in [0.1, 0.15) is 11.7 Å². The van der Waals surface area contributed by atoms with Crippen molar-refractivity contribution in [3.05, 3.63) is 35.9 Å². The Morgan fingerprint density at radius 1 is 1.27 bits per heavy atom. The zero-order valence-electron chi connectivity index (χ0n) is 8.52. The summed E-state index contributed by atoms with van der Waals surface area (Å²) in [7, 11) is 0. The van der Waals surface area contributed by atoms with E-state index in [2.05, 4.69) is 12.1 Å². The summed E-state index contributed by atoms with van der Waals surface area (Å²) in [5.41, 5.74) is 1.04. The van der Waals surface area contributed by atoms with E-state index in [0.717, 1.165) is 6.61 Å². The summed E-state index contributed by atoms with van der Waals surface area (Å²) in [5, 5.41) is 0. The molecule has 80 valence electrons. The van der Waals surface area contributed by atoms with Gasteiger partial charge >= 0.3 is 0 Å². The Labute approximate surface area is 89.0 Å². The van der Waals surface area contributed by atoms with Gasteiger partial charge in [-0.1, -0.05) is 30.3 Å². The molecule has 15 heavy (non-hydrogen) atoms. The Bertz CT molecular complexity index is 328. The fourth-order valence-corrected chi connectivity index (χ4v) is 1.82. The minimum atomic E-state index is -0.157. The van der Waals surface area contributed by atoms with E-state index in [1.807, 2.05) is 18.2 Å². The molecule has 3 heteroatoms. The molecule has 0 saturated carbocycles. The van der Waals surface area contributed by atoms with Gasteiger partial charge in [-0.3, -0.25) is 0 Å². The first-order chi connectivity index (χ1) is 7.39. The predicted molar refractivity (Wildman–Crippen MR) is 54.5 cm³/mol. The van der Waals surface area contributed by atoms with Crippen LogP contribution in [0.25, 0.3) is 0 Å². The summed E-state index contributed by atoms with van der Waals surface area (Å²) in [6.07, 6.45) is 0.259. The molecule has 0 amide bonds. The number of hydrogen-bond acceptors (Lipinski definition) is 3. The van der Waals surface area contributed by atoms with Crippen molar-refractivity contribution in [1.29, 1.82) is 0 Å². The highest BCUT2D eigenvalue weighted by Gasteiger charge is 2.53. The van der Waals surface area contributed by atoms with Gasteiger partial charge in [-0.15, -0.1) is 0 Å². The van der Waals surface area contributed by atoms with E-state index in [0.29, 0.717) is 19.8 Å². The quantitative estimate of drug-likeness (QED) is 0.697. The Kier molecular flexibility index (Phi) is 2.24.